The van der Waals surface area contributed by atoms with Crippen LogP contribution in [0.4, 0.5) is 0 Å². The van der Waals surface area contributed by atoms with E-state index < -0.39 is 126 Å². The number of likely N-dealkylation sites (N-methyl/N-ethyl adjacent to an activating group) is 1. The van der Waals surface area contributed by atoms with Gasteiger partial charge in [0.25, 0.3) is 0 Å². The molecule has 2 saturated heterocycles. The number of nitrogens with two attached hydrogens (primary N) is 1. The molecule has 4 rings (SSSR count). The van der Waals surface area contributed by atoms with Gasteiger partial charge in [0.05, 0.1) is 29.7 Å². The Morgan fingerprint density at radius 1 is 0.821 bits per heavy atom. The number of epoxide rings is 1. The second-order valence-corrected chi connectivity index (χ2v) is 21.9. The highest BCUT2D eigenvalue weighted by Gasteiger charge is 2.48. The van der Waals surface area contributed by atoms with Crippen molar-refractivity contribution in [2.75, 3.05) is 27.8 Å². The van der Waals surface area contributed by atoms with Crippen LogP contribution in [0.15, 0.2) is 54.6 Å². The average Bonchev–Trinajstić information content (AvgIpc) is 4.20. The van der Waals surface area contributed by atoms with Crippen LogP contribution in [0.25, 0.3) is 0 Å². The van der Waals surface area contributed by atoms with Crippen molar-refractivity contribution in [3.63, 3.8) is 0 Å². The van der Waals surface area contributed by atoms with Crippen LogP contribution in [0.1, 0.15) is 104 Å². The Morgan fingerprint density at radius 3 is 2.08 bits per heavy atom. The van der Waals surface area contributed by atoms with Crippen molar-refractivity contribution in [3.05, 3.63) is 76.3 Å². The van der Waals surface area contributed by atoms with Crippen LogP contribution >= 0.6 is 11.6 Å². The van der Waals surface area contributed by atoms with Crippen molar-refractivity contribution >= 4 is 53.1 Å². The van der Waals surface area contributed by atoms with Gasteiger partial charge in [-0.1, -0.05) is 82.6 Å². The second-order valence-electron chi connectivity index (χ2n) is 21.5. The number of aliphatic hydroxyl groups excluding tert-OH is 3. The zero-order chi connectivity index (χ0) is 58.2. The third-order valence-electron chi connectivity index (χ3n) is 13.4. The number of carbonyl (C=O) groups is 7. The molecular weight excluding hydrogens is 1040 g/mol. The zero-order valence-corrected chi connectivity index (χ0v) is 47.2. The molecule has 0 saturated carbocycles. The fraction of sp³-hybridized carbons (Fsp3) is 0.618. The van der Waals surface area contributed by atoms with Crippen molar-refractivity contribution in [3.8, 4) is 5.75 Å². The molecule has 2 aliphatic rings. The molecule has 5 amide bonds. The van der Waals surface area contributed by atoms with Crippen LogP contribution in [0.3, 0.4) is 0 Å². The Bertz CT molecular complexity index is 2380. The number of hydrogen-bond donors (Lipinski definition) is 9. The minimum absolute atomic E-state index is 0.0375. The Balaban J connectivity index is 1.44. The molecule has 2 aromatic rings. The van der Waals surface area contributed by atoms with Gasteiger partial charge in [-0.05, 0) is 80.3 Å². The van der Waals surface area contributed by atoms with E-state index in [9.17, 15) is 48.9 Å². The van der Waals surface area contributed by atoms with Crippen LogP contribution in [0.2, 0.25) is 5.02 Å². The number of hydrogen-bond acceptors (Lipinski definition) is 17. The van der Waals surface area contributed by atoms with Gasteiger partial charge in [0, 0.05) is 52.4 Å². The summed E-state index contributed by atoms with van der Waals surface area (Å²) in [5.41, 5.74) is 7.34. The van der Waals surface area contributed by atoms with Crippen molar-refractivity contribution in [2.45, 2.75) is 167 Å². The lowest BCUT2D eigenvalue weighted by atomic mass is 9.93. The van der Waals surface area contributed by atoms with E-state index in [1.807, 2.05) is 32.9 Å². The Morgan fingerprint density at radius 2 is 1.49 bits per heavy atom. The van der Waals surface area contributed by atoms with Gasteiger partial charge in [-0.3, -0.25) is 28.8 Å². The van der Waals surface area contributed by atoms with Gasteiger partial charge < -0.3 is 76.1 Å². The van der Waals surface area contributed by atoms with Crippen LogP contribution in [-0.2, 0) is 70.2 Å². The molecule has 0 unspecified atom stereocenters. The molecule has 2 aliphatic heterocycles. The van der Waals surface area contributed by atoms with E-state index in [0.29, 0.717) is 21.9 Å². The molecule has 0 aromatic heterocycles. The lowest BCUT2D eigenvalue weighted by Crippen LogP contribution is -2.60. The normalized spacial score (nSPS) is 22.5. The lowest BCUT2D eigenvalue weighted by Gasteiger charge is -2.39. The maximum Gasteiger partial charge on any atom is 0.347 e. The van der Waals surface area contributed by atoms with Crippen LogP contribution in [-0.4, -0.2) is 152 Å². The lowest BCUT2D eigenvalue weighted by molar-refractivity contribution is -0.288. The third kappa shape index (κ3) is 19.3. The number of nitrogens with one attached hydrogen (secondary N) is 5. The van der Waals surface area contributed by atoms with E-state index in [2.05, 4.69) is 26.6 Å². The molecule has 434 valence electrons. The van der Waals surface area contributed by atoms with E-state index in [0.717, 1.165) is 5.56 Å². The summed E-state index contributed by atoms with van der Waals surface area (Å²) in [6, 6.07) is 9.22. The minimum Gasteiger partial charge on any atom is -0.495 e. The number of aliphatic hydroxyl groups is 3. The van der Waals surface area contributed by atoms with E-state index in [1.54, 1.807) is 65.0 Å². The summed E-state index contributed by atoms with van der Waals surface area (Å²) in [6.07, 6.45) is -7.10. The van der Waals surface area contributed by atoms with Gasteiger partial charge >= 0.3 is 11.9 Å². The minimum atomic E-state index is -1.59. The Kier molecular flexibility index (Phi) is 24.9. The molecule has 13 atom stereocenters. The number of carbonyl (C=O) groups excluding carboxylic acids is 7. The molecule has 0 aliphatic carbocycles. The van der Waals surface area contributed by atoms with Gasteiger partial charge in [-0.15, -0.1) is 0 Å². The summed E-state index contributed by atoms with van der Waals surface area (Å²) in [5.74, 6) is -4.34. The number of ether oxygens (including phenoxy) is 6. The van der Waals surface area contributed by atoms with E-state index in [4.69, 9.17) is 45.8 Å². The first-order chi connectivity index (χ1) is 36.7. The van der Waals surface area contributed by atoms with Crippen molar-refractivity contribution in [1.29, 1.82) is 0 Å². The Labute approximate surface area is 461 Å². The first-order valence-electron chi connectivity index (χ1n) is 26.2. The number of halogens is 1. The molecular formula is C55H81ClN6O16. The first kappa shape index (κ1) is 64.8. The topological polar surface area (TPSA) is 325 Å². The van der Waals surface area contributed by atoms with Crippen molar-refractivity contribution in [1.82, 2.24) is 26.6 Å². The van der Waals surface area contributed by atoms with Crippen LogP contribution in [0, 0.1) is 23.2 Å². The highest BCUT2D eigenvalue weighted by molar-refractivity contribution is 6.32. The predicted octanol–water partition coefficient (Wildman–Crippen LogP) is 2.19. The van der Waals surface area contributed by atoms with Crippen LogP contribution in [0.5, 0.6) is 5.75 Å². The summed E-state index contributed by atoms with van der Waals surface area (Å²) in [5, 5.41) is 44.3. The summed E-state index contributed by atoms with van der Waals surface area (Å²) < 4.78 is 33.7. The van der Waals surface area contributed by atoms with E-state index >= 15 is 0 Å². The van der Waals surface area contributed by atoms with E-state index in [1.165, 1.54) is 33.4 Å². The molecule has 2 aromatic carbocycles. The predicted molar refractivity (Wildman–Crippen MR) is 286 cm³/mol. The molecule has 10 N–H and O–H groups in total. The number of methoxy groups -OCH3 is 2. The fourth-order valence-corrected chi connectivity index (χ4v) is 8.63. The van der Waals surface area contributed by atoms with Gasteiger partial charge in [-0.2, -0.15) is 0 Å². The molecule has 2 heterocycles. The molecule has 22 nitrogen and oxygen atoms in total. The van der Waals surface area contributed by atoms with Gasteiger partial charge in [0.2, 0.25) is 29.5 Å². The maximum absolute atomic E-state index is 13.9. The fourth-order valence-electron chi connectivity index (χ4n) is 8.35. The van der Waals surface area contributed by atoms with Crippen LogP contribution < -0.4 is 37.1 Å². The standard InChI is InChI=1S/C55H81ClN6O16/c1-28(2)23-39(77-54(72)55(6,7)8)52(71)75-37(13-12-14-42(64)61-36(49(68)58-9)25-32-17-21-38(73-10)34(56)24-32)30(5)47-48(78-47)33-18-15-31(16-19-33)26-60-50(69)35(62-51(70)43(57)29(3)4)20-22-41(63)59-27-40-44(65)45(66)46(67)53(74-11)76-40/h12,14-19,21,24,28-30,35-37,39-40,43-48,53,65-67H,13,20,22-23,25-27,57H2,1-11H3,(H,58,68)(H,59,63)(H,60,69)(H,61,64)(H,62,70)/b14-12+/t30-,35-,36+,37-,39-,40+,43-,44+,45-,46+,47+,48+,53+/m0/s1. The van der Waals surface area contributed by atoms with Gasteiger partial charge in [0.1, 0.15) is 54.5 Å². The number of rotatable bonds is 28. The summed E-state index contributed by atoms with van der Waals surface area (Å²) in [7, 11) is 4.19. The number of esters is 2. The van der Waals surface area contributed by atoms with Gasteiger partial charge in [0.15, 0.2) is 12.4 Å². The zero-order valence-electron chi connectivity index (χ0n) is 46.4. The molecule has 78 heavy (non-hydrogen) atoms. The molecule has 23 heteroatoms. The SMILES string of the molecule is CNC(=O)[C@@H](Cc1ccc(OC)c(Cl)c1)NC(=O)/C=C/C[C@H](OC(=O)[C@H](CC(C)C)OC(=O)C(C)(C)C)[C@H](C)[C@H]1O[C@@H]1c1ccc(CNC(=O)[C@H](CCC(=O)NC[C@H]2O[C@@H](OC)[C@H](O)[C@@H](O)[C@@H]2O)NC(=O)[C@@H](N)C(C)C)cc1. The quantitative estimate of drug-likeness (QED) is 0.0335. The molecule has 0 spiro atoms. The second kappa shape index (κ2) is 30.0. The van der Waals surface area contributed by atoms with E-state index in [-0.39, 0.29) is 57.0 Å². The number of benzene rings is 2. The van der Waals surface area contributed by atoms with Crippen molar-refractivity contribution in [2.24, 2.45) is 28.9 Å². The molecule has 0 radical (unpaired) electrons. The maximum atomic E-state index is 13.9. The highest BCUT2D eigenvalue weighted by Crippen LogP contribution is 2.45. The third-order valence-corrected chi connectivity index (χ3v) is 13.7. The summed E-state index contributed by atoms with van der Waals surface area (Å²) >= 11 is 6.32. The number of amides is 5. The average molecular weight is 1120 g/mol. The largest absolute Gasteiger partial charge is 0.495 e. The monoisotopic (exact) mass is 1120 g/mol. The Hall–Kier alpha value is -5.72. The smallest absolute Gasteiger partial charge is 0.347 e. The summed E-state index contributed by atoms with van der Waals surface area (Å²) in [4.78, 5) is 92.7. The first-order valence-corrected chi connectivity index (χ1v) is 26.6. The van der Waals surface area contributed by atoms with Gasteiger partial charge in [-0.25, -0.2) is 4.79 Å². The summed E-state index contributed by atoms with van der Waals surface area (Å²) in [6.45, 7) is 14.0. The highest BCUT2D eigenvalue weighted by atomic mass is 35.5. The molecule has 2 fully saturated rings. The molecule has 0 bridgehead atoms. The van der Waals surface area contributed by atoms with Crippen molar-refractivity contribution < 1.29 is 77.3 Å².